The van der Waals surface area contributed by atoms with Gasteiger partial charge in [0.15, 0.2) is 11.5 Å². The van der Waals surface area contributed by atoms with Crippen molar-refractivity contribution in [1.29, 1.82) is 0 Å². The number of fused-ring (bicyclic) bond motifs is 1. The number of methoxy groups -OCH3 is 1. The molecule has 160 valence electrons. The smallest absolute Gasteiger partial charge is 0.253 e. The standard InChI is InChI=1S/C23H26N2O4.ClH/c1-3-28-21-10-6-7-16-13-17(15-29-22(16)21)23(26)25-12-11-24-14-19(25)18-8-4-5-9-20(18)27-2;/h4-10,13,19,24H,3,11-12,14-15H2,1-2H3;1H. The van der Waals surface area contributed by atoms with Crippen LogP contribution in [0.3, 0.4) is 0 Å². The van der Waals surface area contributed by atoms with Crippen LogP contribution in [0.1, 0.15) is 24.1 Å². The molecule has 2 heterocycles. The number of para-hydroxylation sites is 2. The van der Waals surface area contributed by atoms with Crippen molar-refractivity contribution < 1.29 is 19.0 Å². The summed E-state index contributed by atoms with van der Waals surface area (Å²) >= 11 is 0. The molecule has 0 bridgehead atoms. The molecule has 0 radical (unpaired) electrons. The molecule has 1 amide bonds. The Hall–Kier alpha value is -2.70. The van der Waals surface area contributed by atoms with E-state index < -0.39 is 0 Å². The van der Waals surface area contributed by atoms with E-state index in [1.54, 1.807) is 7.11 Å². The van der Waals surface area contributed by atoms with E-state index in [0.29, 0.717) is 36.8 Å². The zero-order valence-electron chi connectivity index (χ0n) is 17.2. The van der Waals surface area contributed by atoms with Gasteiger partial charge in [-0.15, -0.1) is 12.4 Å². The molecule has 1 N–H and O–H groups in total. The van der Waals surface area contributed by atoms with Gasteiger partial charge in [0.25, 0.3) is 5.91 Å². The number of amides is 1. The zero-order valence-corrected chi connectivity index (χ0v) is 18.0. The van der Waals surface area contributed by atoms with Gasteiger partial charge in [0.2, 0.25) is 0 Å². The van der Waals surface area contributed by atoms with Crippen LogP contribution in [0.4, 0.5) is 0 Å². The monoisotopic (exact) mass is 430 g/mol. The first-order valence-electron chi connectivity index (χ1n) is 9.96. The predicted octanol–water partition coefficient (Wildman–Crippen LogP) is 3.46. The largest absolute Gasteiger partial charge is 0.496 e. The molecule has 7 heteroatoms. The fourth-order valence-electron chi connectivity index (χ4n) is 3.92. The second kappa shape index (κ2) is 9.87. The van der Waals surface area contributed by atoms with Crippen molar-refractivity contribution in [3.05, 3.63) is 59.2 Å². The van der Waals surface area contributed by atoms with E-state index in [1.807, 2.05) is 60.4 Å². The van der Waals surface area contributed by atoms with Gasteiger partial charge >= 0.3 is 0 Å². The minimum absolute atomic E-state index is 0. The van der Waals surface area contributed by atoms with Crippen LogP contribution in [0.15, 0.2) is 48.0 Å². The third kappa shape index (κ3) is 4.25. The van der Waals surface area contributed by atoms with Crippen LogP contribution in [-0.2, 0) is 4.79 Å². The molecule has 2 aromatic carbocycles. The van der Waals surface area contributed by atoms with Crippen molar-refractivity contribution in [3.63, 3.8) is 0 Å². The highest BCUT2D eigenvalue weighted by molar-refractivity contribution is 5.99. The molecule has 0 aromatic heterocycles. The van der Waals surface area contributed by atoms with E-state index in [1.165, 1.54) is 0 Å². The van der Waals surface area contributed by atoms with Crippen molar-refractivity contribution in [3.8, 4) is 17.2 Å². The van der Waals surface area contributed by atoms with Gasteiger partial charge in [0, 0.05) is 30.8 Å². The number of carbonyl (C=O) groups is 1. The Kier molecular flexibility index (Phi) is 7.24. The van der Waals surface area contributed by atoms with Crippen LogP contribution in [-0.4, -0.2) is 50.8 Å². The van der Waals surface area contributed by atoms with Gasteiger partial charge < -0.3 is 24.4 Å². The Morgan fingerprint density at radius 1 is 1.20 bits per heavy atom. The molecule has 2 aliphatic rings. The van der Waals surface area contributed by atoms with Crippen LogP contribution in [0.2, 0.25) is 0 Å². The van der Waals surface area contributed by atoms with Crippen LogP contribution in [0.25, 0.3) is 6.08 Å². The third-order valence-electron chi connectivity index (χ3n) is 5.29. The summed E-state index contributed by atoms with van der Waals surface area (Å²) in [5.41, 5.74) is 2.52. The number of halogens is 1. The molecule has 2 aromatic rings. The van der Waals surface area contributed by atoms with Crippen LogP contribution < -0.4 is 19.5 Å². The first-order valence-corrected chi connectivity index (χ1v) is 9.96. The third-order valence-corrected chi connectivity index (χ3v) is 5.29. The molecule has 0 aliphatic carbocycles. The number of benzene rings is 2. The van der Waals surface area contributed by atoms with E-state index >= 15 is 0 Å². The Morgan fingerprint density at radius 3 is 2.80 bits per heavy atom. The van der Waals surface area contributed by atoms with E-state index in [-0.39, 0.29) is 31.0 Å². The number of hydrogen-bond acceptors (Lipinski definition) is 5. The fraction of sp³-hybridized carbons (Fsp3) is 0.348. The molecule has 2 aliphatic heterocycles. The summed E-state index contributed by atoms with van der Waals surface area (Å²) in [5.74, 6) is 2.20. The lowest BCUT2D eigenvalue weighted by Crippen LogP contribution is -2.49. The molecule has 1 unspecified atom stereocenters. The summed E-state index contributed by atoms with van der Waals surface area (Å²) in [4.78, 5) is 15.4. The highest BCUT2D eigenvalue weighted by Crippen LogP contribution is 2.37. The van der Waals surface area contributed by atoms with Crippen molar-refractivity contribution in [2.75, 3.05) is 40.0 Å². The molecule has 1 atom stereocenters. The molecular formula is C23H27ClN2O4. The number of hydrogen-bond donors (Lipinski definition) is 1. The van der Waals surface area contributed by atoms with Crippen LogP contribution >= 0.6 is 12.4 Å². The Balaban J connectivity index is 0.00000256. The van der Waals surface area contributed by atoms with E-state index in [0.717, 1.165) is 23.4 Å². The number of nitrogens with zero attached hydrogens (tertiary/aromatic N) is 1. The predicted molar refractivity (Wildman–Crippen MR) is 119 cm³/mol. The van der Waals surface area contributed by atoms with E-state index in [4.69, 9.17) is 14.2 Å². The van der Waals surface area contributed by atoms with Crippen LogP contribution in [0, 0.1) is 0 Å². The Bertz CT molecular complexity index is 931. The number of carbonyl (C=O) groups excluding carboxylic acids is 1. The molecular weight excluding hydrogens is 404 g/mol. The lowest BCUT2D eigenvalue weighted by atomic mass is 9.99. The normalized spacial score (nSPS) is 17.7. The summed E-state index contributed by atoms with van der Waals surface area (Å²) in [6.45, 7) is 4.82. The van der Waals surface area contributed by atoms with Crippen molar-refractivity contribution in [1.82, 2.24) is 10.2 Å². The van der Waals surface area contributed by atoms with Crippen molar-refractivity contribution >= 4 is 24.4 Å². The quantitative estimate of drug-likeness (QED) is 0.787. The zero-order chi connectivity index (χ0) is 20.2. The maximum atomic E-state index is 13.4. The van der Waals surface area contributed by atoms with Gasteiger partial charge in [0.1, 0.15) is 12.4 Å². The fourth-order valence-corrected chi connectivity index (χ4v) is 3.92. The van der Waals surface area contributed by atoms with Gasteiger partial charge in [-0.25, -0.2) is 0 Å². The van der Waals surface area contributed by atoms with Crippen molar-refractivity contribution in [2.24, 2.45) is 0 Å². The minimum Gasteiger partial charge on any atom is -0.496 e. The van der Waals surface area contributed by atoms with Gasteiger partial charge in [-0.3, -0.25) is 4.79 Å². The second-order valence-electron chi connectivity index (χ2n) is 7.03. The molecule has 1 saturated heterocycles. The van der Waals surface area contributed by atoms with E-state index in [9.17, 15) is 4.79 Å². The lowest BCUT2D eigenvalue weighted by molar-refractivity contribution is -0.130. The summed E-state index contributed by atoms with van der Waals surface area (Å²) in [6, 6.07) is 13.5. The molecule has 30 heavy (non-hydrogen) atoms. The van der Waals surface area contributed by atoms with Gasteiger partial charge in [-0.2, -0.15) is 0 Å². The molecule has 0 saturated carbocycles. The van der Waals surface area contributed by atoms with E-state index in [2.05, 4.69) is 5.32 Å². The maximum Gasteiger partial charge on any atom is 0.253 e. The number of piperazine rings is 1. The summed E-state index contributed by atoms with van der Waals surface area (Å²) in [6.07, 6.45) is 1.92. The average molecular weight is 431 g/mol. The summed E-state index contributed by atoms with van der Waals surface area (Å²) in [5, 5.41) is 3.39. The Labute approximate surface area is 183 Å². The highest BCUT2D eigenvalue weighted by Gasteiger charge is 2.32. The highest BCUT2D eigenvalue weighted by atomic mass is 35.5. The number of ether oxygens (including phenoxy) is 3. The summed E-state index contributed by atoms with van der Waals surface area (Å²) in [7, 11) is 1.66. The Morgan fingerprint density at radius 2 is 2.00 bits per heavy atom. The topological polar surface area (TPSA) is 60.0 Å². The molecule has 4 rings (SSSR count). The van der Waals surface area contributed by atoms with Gasteiger partial charge in [-0.05, 0) is 25.1 Å². The molecule has 6 nitrogen and oxygen atoms in total. The summed E-state index contributed by atoms with van der Waals surface area (Å²) < 4.78 is 17.1. The lowest BCUT2D eigenvalue weighted by Gasteiger charge is -2.38. The molecule has 1 fully saturated rings. The average Bonchev–Trinajstić information content (AvgIpc) is 2.78. The first kappa shape index (κ1) is 22.0. The van der Waals surface area contributed by atoms with Crippen molar-refractivity contribution in [2.45, 2.75) is 13.0 Å². The first-order chi connectivity index (χ1) is 14.2. The minimum atomic E-state index is -0.0931. The van der Waals surface area contributed by atoms with Gasteiger partial charge in [0.05, 0.1) is 25.3 Å². The van der Waals surface area contributed by atoms with Crippen LogP contribution in [0.5, 0.6) is 17.2 Å². The van der Waals surface area contributed by atoms with Gasteiger partial charge in [-0.1, -0.05) is 30.3 Å². The second-order valence-corrected chi connectivity index (χ2v) is 7.03. The SMILES string of the molecule is CCOc1cccc2c1OCC(C(=O)N1CCNCC1c1ccccc1OC)=C2.Cl. The molecule has 0 spiro atoms. The number of nitrogens with one attached hydrogen (secondary N) is 1. The maximum absolute atomic E-state index is 13.4. The number of rotatable bonds is 5.